The van der Waals surface area contributed by atoms with Gasteiger partial charge in [0.2, 0.25) is 0 Å². The van der Waals surface area contributed by atoms with Crippen molar-refractivity contribution < 1.29 is 0 Å². The highest BCUT2D eigenvalue weighted by molar-refractivity contribution is 6.30. The molecule has 0 amide bonds. The van der Waals surface area contributed by atoms with Gasteiger partial charge in [-0.2, -0.15) is 10.4 Å². The second-order valence-corrected chi connectivity index (χ2v) is 6.25. The maximum absolute atomic E-state index is 8.89. The molecule has 0 radical (unpaired) electrons. The van der Waals surface area contributed by atoms with Crippen LogP contribution in [0.15, 0.2) is 54.9 Å². The average molecular weight is 376 g/mol. The normalized spacial score (nSPS) is 10.5. The van der Waals surface area contributed by atoms with Crippen LogP contribution in [-0.2, 0) is 6.54 Å². The van der Waals surface area contributed by atoms with E-state index in [-0.39, 0.29) is 0 Å². The smallest absolute Gasteiger partial charge is 0.162 e. The molecule has 0 saturated carbocycles. The third-order valence-electron chi connectivity index (χ3n) is 3.99. The zero-order valence-corrected chi connectivity index (χ0v) is 14.8. The van der Waals surface area contributed by atoms with Gasteiger partial charge in [0.25, 0.3) is 0 Å². The fraction of sp³-hybridized carbons (Fsp3) is 0.0526. The van der Waals surface area contributed by atoms with Crippen LogP contribution in [0.25, 0.3) is 11.0 Å². The minimum absolute atomic E-state index is 0.553. The number of nitrogens with one attached hydrogen (secondary N) is 3. The maximum Gasteiger partial charge on any atom is 0.162 e. The Morgan fingerprint density at radius 1 is 1.07 bits per heavy atom. The van der Waals surface area contributed by atoms with Crippen LogP contribution in [0, 0.1) is 11.3 Å². The summed E-state index contributed by atoms with van der Waals surface area (Å²) < 4.78 is 0. The van der Waals surface area contributed by atoms with E-state index in [0.717, 1.165) is 16.6 Å². The Morgan fingerprint density at radius 3 is 2.70 bits per heavy atom. The summed E-state index contributed by atoms with van der Waals surface area (Å²) in [5.41, 5.74) is 3.11. The highest BCUT2D eigenvalue weighted by Gasteiger charge is 2.13. The first kappa shape index (κ1) is 16.8. The molecule has 0 aliphatic carbocycles. The monoisotopic (exact) mass is 375 g/mol. The van der Waals surface area contributed by atoms with Crippen LogP contribution in [0.4, 0.5) is 17.3 Å². The molecule has 0 fully saturated rings. The Balaban J connectivity index is 1.60. The summed E-state index contributed by atoms with van der Waals surface area (Å²) in [4.78, 5) is 8.57. The number of hydrogen-bond acceptors (Lipinski definition) is 6. The molecule has 0 aliphatic rings. The summed E-state index contributed by atoms with van der Waals surface area (Å²) in [6.07, 6.45) is 1.47. The van der Waals surface area contributed by atoms with Crippen LogP contribution in [0.3, 0.4) is 0 Å². The number of nitrogens with zero attached hydrogens (tertiary/aromatic N) is 4. The minimum Gasteiger partial charge on any atom is -0.364 e. The lowest BCUT2D eigenvalue weighted by molar-refractivity contribution is 1.05. The van der Waals surface area contributed by atoms with Crippen LogP contribution in [0.5, 0.6) is 0 Å². The summed E-state index contributed by atoms with van der Waals surface area (Å²) in [5.74, 6) is 1.26. The van der Waals surface area contributed by atoms with Gasteiger partial charge in [-0.1, -0.05) is 29.8 Å². The van der Waals surface area contributed by atoms with E-state index in [2.05, 4.69) is 36.9 Å². The van der Waals surface area contributed by atoms with E-state index >= 15 is 0 Å². The molecule has 0 aliphatic heterocycles. The van der Waals surface area contributed by atoms with Crippen molar-refractivity contribution >= 4 is 40.0 Å². The molecule has 2 heterocycles. The van der Waals surface area contributed by atoms with Crippen LogP contribution in [0.1, 0.15) is 11.1 Å². The van der Waals surface area contributed by atoms with Crippen LogP contribution >= 0.6 is 11.6 Å². The average Bonchev–Trinajstić information content (AvgIpc) is 3.11. The Bertz CT molecular complexity index is 1130. The lowest BCUT2D eigenvalue weighted by Crippen LogP contribution is -2.02. The number of aromatic nitrogens is 4. The number of anilines is 3. The SMILES string of the molecule is N#Cc1ccc(CNc2n[nH]c3ncnc(Nc4cccc(Cl)c4)c23)cc1. The third kappa shape index (κ3) is 3.66. The fourth-order valence-corrected chi connectivity index (χ4v) is 2.86. The van der Waals surface area contributed by atoms with E-state index < -0.39 is 0 Å². The standard InChI is InChI=1S/C19H14ClN7/c20-14-2-1-3-15(8-14)25-17-16-18(26-27-19(16)24-11-23-17)22-10-13-6-4-12(9-21)5-7-13/h1-8,11H,10H2,(H3,22,23,24,25,26,27). The van der Waals surface area contributed by atoms with Gasteiger partial charge in [0.15, 0.2) is 11.5 Å². The highest BCUT2D eigenvalue weighted by Crippen LogP contribution is 2.28. The quantitative estimate of drug-likeness (QED) is 0.482. The number of H-pyrrole nitrogens is 1. The predicted molar refractivity (Wildman–Crippen MR) is 105 cm³/mol. The lowest BCUT2D eigenvalue weighted by atomic mass is 10.1. The van der Waals surface area contributed by atoms with Gasteiger partial charge in [-0.3, -0.25) is 5.10 Å². The second-order valence-electron chi connectivity index (χ2n) is 5.82. The summed E-state index contributed by atoms with van der Waals surface area (Å²) in [6.45, 7) is 0.553. The molecule has 0 unspecified atom stereocenters. The van der Waals surface area contributed by atoms with E-state index in [1.807, 2.05) is 36.4 Å². The van der Waals surface area contributed by atoms with Gasteiger partial charge in [0.05, 0.1) is 11.6 Å². The molecule has 4 rings (SSSR count). The molecule has 2 aromatic carbocycles. The van der Waals surface area contributed by atoms with Crippen molar-refractivity contribution in [1.29, 1.82) is 5.26 Å². The number of hydrogen-bond donors (Lipinski definition) is 3. The molecule has 0 atom stereocenters. The van der Waals surface area contributed by atoms with Crippen molar-refractivity contribution in [2.75, 3.05) is 10.6 Å². The van der Waals surface area contributed by atoms with Crippen molar-refractivity contribution in [3.8, 4) is 6.07 Å². The van der Waals surface area contributed by atoms with Gasteiger partial charge in [0, 0.05) is 17.3 Å². The first-order valence-electron chi connectivity index (χ1n) is 8.17. The van der Waals surface area contributed by atoms with Crippen molar-refractivity contribution in [1.82, 2.24) is 20.2 Å². The van der Waals surface area contributed by atoms with Crippen molar-refractivity contribution in [3.05, 3.63) is 71.0 Å². The maximum atomic E-state index is 8.89. The molecule has 0 bridgehead atoms. The number of rotatable bonds is 5. The van der Waals surface area contributed by atoms with Crippen molar-refractivity contribution in [3.63, 3.8) is 0 Å². The Labute approximate surface area is 160 Å². The molecule has 8 heteroatoms. The minimum atomic E-state index is 0.553. The summed E-state index contributed by atoms with van der Waals surface area (Å²) in [5, 5.41) is 24.0. The molecule has 2 aromatic heterocycles. The molecule has 0 spiro atoms. The summed E-state index contributed by atoms with van der Waals surface area (Å²) in [7, 11) is 0. The predicted octanol–water partition coefficient (Wildman–Crippen LogP) is 4.23. The van der Waals surface area contributed by atoms with E-state index in [0.29, 0.717) is 34.4 Å². The molecule has 4 aromatic rings. The zero-order valence-electron chi connectivity index (χ0n) is 14.1. The zero-order chi connectivity index (χ0) is 18.6. The molecular weight excluding hydrogens is 362 g/mol. The topological polar surface area (TPSA) is 102 Å². The number of halogens is 1. The van der Waals surface area contributed by atoms with Crippen molar-refractivity contribution in [2.45, 2.75) is 6.54 Å². The largest absolute Gasteiger partial charge is 0.364 e. The number of aromatic amines is 1. The Morgan fingerprint density at radius 2 is 1.93 bits per heavy atom. The Kier molecular flexibility index (Phi) is 4.56. The first-order valence-corrected chi connectivity index (χ1v) is 8.55. The van der Waals surface area contributed by atoms with Gasteiger partial charge in [-0.25, -0.2) is 9.97 Å². The molecule has 27 heavy (non-hydrogen) atoms. The van der Waals surface area contributed by atoms with E-state index in [1.165, 1.54) is 6.33 Å². The van der Waals surface area contributed by atoms with E-state index in [1.54, 1.807) is 12.1 Å². The number of benzene rings is 2. The van der Waals surface area contributed by atoms with E-state index in [9.17, 15) is 0 Å². The summed E-state index contributed by atoms with van der Waals surface area (Å²) >= 11 is 6.05. The van der Waals surface area contributed by atoms with Gasteiger partial charge < -0.3 is 10.6 Å². The third-order valence-corrected chi connectivity index (χ3v) is 4.22. The fourth-order valence-electron chi connectivity index (χ4n) is 2.67. The van der Waals surface area contributed by atoms with Gasteiger partial charge in [0.1, 0.15) is 17.5 Å². The first-order chi connectivity index (χ1) is 13.2. The number of nitriles is 1. The molecule has 3 N–H and O–H groups in total. The molecule has 7 nitrogen and oxygen atoms in total. The summed E-state index contributed by atoms with van der Waals surface area (Å²) in [6, 6.07) is 16.9. The number of fused-ring (bicyclic) bond motifs is 1. The van der Waals surface area contributed by atoms with Gasteiger partial charge in [-0.15, -0.1) is 0 Å². The molecule has 0 saturated heterocycles. The van der Waals surface area contributed by atoms with Crippen LogP contribution < -0.4 is 10.6 Å². The molecular formula is C19H14ClN7. The van der Waals surface area contributed by atoms with Crippen LogP contribution in [0.2, 0.25) is 5.02 Å². The second kappa shape index (κ2) is 7.32. The Hall–Kier alpha value is -3.63. The highest BCUT2D eigenvalue weighted by atomic mass is 35.5. The van der Waals surface area contributed by atoms with Crippen molar-refractivity contribution in [2.24, 2.45) is 0 Å². The van der Waals surface area contributed by atoms with E-state index in [4.69, 9.17) is 16.9 Å². The lowest BCUT2D eigenvalue weighted by Gasteiger charge is -2.09. The molecule has 132 valence electrons. The van der Waals surface area contributed by atoms with Gasteiger partial charge >= 0.3 is 0 Å². The van der Waals surface area contributed by atoms with Gasteiger partial charge in [-0.05, 0) is 35.9 Å². The van der Waals surface area contributed by atoms with Crippen LogP contribution in [-0.4, -0.2) is 20.2 Å².